The van der Waals surface area contributed by atoms with Crippen molar-refractivity contribution < 1.29 is 0 Å². The van der Waals surface area contributed by atoms with E-state index in [2.05, 4.69) is 31.2 Å². The normalized spacial score (nSPS) is 21.7. The van der Waals surface area contributed by atoms with Gasteiger partial charge in [-0.3, -0.25) is 0 Å². The Bertz CT molecular complexity index is 457. The second-order valence-electron chi connectivity index (χ2n) is 8.39. The van der Waals surface area contributed by atoms with Crippen LogP contribution in [0.3, 0.4) is 0 Å². The van der Waals surface area contributed by atoms with Crippen LogP contribution in [0.4, 0.5) is 0 Å². The predicted octanol–water partition coefficient (Wildman–Crippen LogP) is 7.75. The molecule has 2 saturated carbocycles. The standard InChI is InChI=1S/C24H37/c1-2-3-4-9-18-24(19-10-6-11-20-24)23-16-14-22(15-17-23)21-12-7-5-8-13-21/h14-17H,2-13,18-20H2,1H3. The third-order valence-corrected chi connectivity index (χ3v) is 6.68. The van der Waals surface area contributed by atoms with Gasteiger partial charge in [-0.15, -0.1) is 0 Å². The van der Waals surface area contributed by atoms with Gasteiger partial charge >= 0.3 is 0 Å². The van der Waals surface area contributed by atoms with Crippen LogP contribution in [-0.4, -0.2) is 0 Å². The molecule has 133 valence electrons. The van der Waals surface area contributed by atoms with Gasteiger partial charge in [0.1, 0.15) is 0 Å². The largest absolute Gasteiger partial charge is 0.0654 e. The highest BCUT2D eigenvalue weighted by Gasteiger charge is 2.33. The average Bonchev–Trinajstić information content (AvgIpc) is 2.67. The van der Waals surface area contributed by atoms with Gasteiger partial charge in [-0.1, -0.05) is 95.4 Å². The van der Waals surface area contributed by atoms with Crippen molar-refractivity contribution in [3.8, 4) is 0 Å². The topological polar surface area (TPSA) is 0 Å². The fourth-order valence-electron chi connectivity index (χ4n) is 5.13. The fraction of sp³-hybridized carbons (Fsp3) is 0.708. The van der Waals surface area contributed by atoms with E-state index in [1.54, 1.807) is 11.5 Å². The minimum Gasteiger partial charge on any atom is -0.0654 e. The summed E-state index contributed by atoms with van der Waals surface area (Å²) in [6.07, 6.45) is 21.1. The summed E-state index contributed by atoms with van der Waals surface area (Å²) in [4.78, 5) is 0. The van der Waals surface area contributed by atoms with Crippen LogP contribution in [0.1, 0.15) is 114 Å². The first-order chi connectivity index (χ1) is 11.8. The van der Waals surface area contributed by atoms with Crippen molar-refractivity contribution in [1.29, 1.82) is 0 Å². The molecule has 0 N–H and O–H groups in total. The lowest BCUT2D eigenvalue weighted by Crippen LogP contribution is -2.29. The minimum absolute atomic E-state index is 0.502. The van der Waals surface area contributed by atoms with Crippen LogP contribution in [0.5, 0.6) is 0 Å². The Morgan fingerprint density at radius 2 is 1.42 bits per heavy atom. The molecule has 0 saturated heterocycles. The first-order valence-corrected chi connectivity index (χ1v) is 10.8. The van der Waals surface area contributed by atoms with Crippen LogP contribution in [0.15, 0.2) is 24.3 Å². The number of benzene rings is 1. The van der Waals surface area contributed by atoms with Gasteiger partial charge in [0.15, 0.2) is 0 Å². The highest BCUT2D eigenvalue weighted by Crippen LogP contribution is 2.44. The van der Waals surface area contributed by atoms with E-state index in [0.29, 0.717) is 5.41 Å². The zero-order chi connectivity index (χ0) is 16.7. The van der Waals surface area contributed by atoms with Gasteiger partial charge < -0.3 is 0 Å². The molecule has 0 atom stereocenters. The number of rotatable bonds is 7. The van der Waals surface area contributed by atoms with Crippen LogP contribution in [-0.2, 0) is 5.41 Å². The summed E-state index contributed by atoms with van der Waals surface area (Å²) in [7, 11) is 0. The lowest BCUT2D eigenvalue weighted by atomic mass is 9.66. The second kappa shape index (κ2) is 9.07. The SMILES string of the molecule is CCCCCCC1(c2ccc([C]3CCCCC3)cc2)CCCCC1. The monoisotopic (exact) mass is 325 g/mol. The van der Waals surface area contributed by atoms with Crippen molar-refractivity contribution in [2.45, 2.75) is 109 Å². The summed E-state index contributed by atoms with van der Waals surface area (Å²) in [5.41, 5.74) is 3.69. The molecular formula is C24H37. The summed E-state index contributed by atoms with van der Waals surface area (Å²) in [6.45, 7) is 2.32. The van der Waals surface area contributed by atoms with Crippen LogP contribution in [0, 0.1) is 5.92 Å². The van der Waals surface area contributed by atoms with Crippen LogP contribution in [0.2, 0.25) is 0 Å². The molecule has 0 aliphatic heterocycles. The van der Waals surface area contributed by atoms with E-state index in [4.69, 9.17) is 0 Å². The lowest BCUT2D eigenvalue weighted by Gasteiger charge is -2.38. The maximum absolute atomic E-state index is 2.50. The van der Waals surface area contributed by atoms with Gasteiger partial charge in [-0.2, -0.15) is 0 Å². The predicted molar refractivity (Wildman–Crippen MR) is 105 cm³/mol. The van der Waals surface area contributed by atoms with Gasteiger partial charge in [0.2, 0.25) is 0 Å². The first kappa shape index (κ1) is 18.0. The van der Waals surface area contributed by atoms with E-state index in [1.807, 2.05) is 0 Å². The smallest absolute Gasteiger partial charge is 0.00498 e. The van der Waals surface area contributed by atoms with Crippen molar-refractivity contribution in [3.63, 3.8) is 0 Å². The molecule has 3 rings (SSSR count). The zero-order valence-electron chi connectivity index (χ0n) is 15.9. The van der Waals surface area contributed by atoms with Crippen molar-refractivity contribution in [2.75, 3.05) is 0 Å². The quantitative estimate of drug-likeness (QED) is 0.450. The molecule has 2 aliphatic carbocycles. The van der Waals surface area contributed by atoms with E-state index in [1.165, 1.54) is 102 Å². The Morgan fingerprint density at radius 1 is 0.750 bits per heavy atom. The van der Waals surface area contributed by atoms with Crippen molar-refractivity contribution >= 4 is 0 Å². The molecule has 24 heavy (non-hydrogen) atoms. The molecule has 1 radical (unpaired) electrons. The Kier molecular flexibility index (Phi) is 6.81. The van der Waals surface area contributed by atoms with Crippen LogP contribution >= 0.6 is 0 Å². The van der Waals surface area contributed by atoms with Gasteiger partial charge in [0.05, 0.1) is 0 Å². The number of unbranched alkanes of at least 4 members (excludes halogenated alkanes) is 3. The summed E-state index contributed by atoms with van der Waals surface area (Å²) in [5, 5.41) is 0. The van der Waals surface area contributed by atoms with Crippen LogP contribution < -0.4 is 0 Å². The molecule has 0 unspecified atom stereocenters. The molecule has 0 bridgehead atoms. The third kappa shape index (κ3) is 4.44. The Hall–Kier alpha value is -0.780. The molecular weight excluding hydrogens is 288 g/mol. The molecule has 0 heteroatoms. The van der Waals surface area contributed by atoms with Crippen LogP contribution in [0.25, 0.3) is 0 Å². The van der Waals surface area contributed by atoms with Crippen molar-refractivity contribution in [2.24, 2.45) is 0 Å². The van der Waals surface area contributed by atoms with Crippen molar-refractivity contribution in [1.82, 2.24) is 0 Å². The van der Waals surface area contributed by atoms with E-state index >= 15 is 0 Å². The molecule has 0 nitrogen and oxygen atoms in total. The van der Waals surface area contributed by atoms with Gasteiger partial charge in [-0.05, 0) is 48.6 Å². The summed E-state index contributed by atoms with van der Waals surface area (Å²) >= 11 is 0. The molecule has 2 fully saturated rings. The Morgan fingerprint density at radius 3 is 2.08 bits per heavy atom. The maximum Gasteiger partial charge on any atom is 0.00498 e. The number of hydrogen-bond donors (Lipinski definition) is 0. The Labute approximate surface area is 150 Å². The second-order valence-corrected chi connectivity index (χ2v) is 8.39. The molecule has 0 spiro atoms. The highest BCUT2D eigenvalue weighted by atomic mass is 14.4. The summed E-state index contributed by atoms with van der Waals surface area (Å²) in [6, 6.07) is 9.92. The molecule has 0 amide bonds. The van der Waals surface area contributed by atoms with E-state index < -0.39 is 0 Å². The zero-order valence-corrected chi connectivity index (χ0v) is 15.9. The van der Waals surface area contributed by atoms with E-state index in [9.17, 15) is 0 Å². The van der Waals surface area contributed by atoms with Crippen molar-refractivity contribution in [3.05, 3.63) is 41.3 Å². The van der Waals surface area contributed by atoms with Gasteiger partial charge in [0.25, 0.3) is 0 Å². The van der Waals surface area contributed by atoms with E-state index in [-0.39, 0.29) is 0 Å². The summed E-state index contributed by atoms with van der Waals surface area (Å²) in [5.74, 6) is 1.72. The van der Waals surface area contributed by atoms with Gasteiger partial charge in [-0.25, -0.2) is 0 Å². The van der Waals surface area contributed by atoms with Gasteiger partial charge in [0, 0.05) is 5.92 Å². The minimum atomic E-state index is 0.502. The fourth-order valence-corrected chi connectivity index (χ4v) is 5.13. The molecule has 0 heterocycles. The summed E-state index contributed by atoms with van der Waals surface area (Å²) < 4.78 is 0. The molecule has 1 aromatic rings. The Balaban J connectivity index is 1.69. The first-order valence-electron chi connectivity index (χ1n) is 10.8. The molecule has 0 aromatic heterocycles. The third-order valence-electron chi connectivity index (χ3n) is 6.68. The molecule has 2 aliphatic rings. The highest BCUT2D eigenvalue weighted by molar-refractivity contribution is 5.37. The number of hydrogen-bond acceptors (Lipinski definition) is 0. The lowest BCUT2D eigenvalue weighted by molar-refractivity contribution is 0.265. The van der Waals surface area contributed by atoms with E-state index in [0.717, 1.165) is 0 Å². The average molecular weight is 326 g/mol. The maximum atomic E-state index is 2.50. The molecule has 1 aromatic carbocycles.